The van der Waals surface area contributed by atoms with Crippen LogP contribution in [0.2, 0.25) is 0 Å². The van der Waals surface area contributed by atoms with Crippen molar-refractivity contribution < 1.29 is 47.2 Å². The second-order valence-corrected chi connectivity index (χ2v) is 8.72. The van der Waals surface area contributed by atoms with Crippen LogP contribution in [-0.2, 0) is 26.6 Å². The standard InChI is InChI=1S/C4H10O2.3C4H10O.Ti/c1-4(2,3)6-5;3*1-4(2,3)5;/h5H,1-3H3;3*5H,1-3H3;. The molecule has 0 spiro atoms. The van der Waals surface area contributed by atoms with Crippen molar-refractivity contribution in [2.24, 2.45) is 0 Å². The average Bonchev–Trinajstić information content (AvgIpc) is 1.91. The van der Waals surface area contributed by atoms with Gasteiger partial charge in [-0.2, -0.15) is 0 Å². The van der Waals surface area contributed by atoms with Crippen molar-refractivity contribution in [3.63, 3.8) is 0 Å². The van der Waals surface area contributed by atoms with Gasteiger partial charge in [0.25, 0.3) is 0 Å². The van der Waals surface area contributed by atoms with Gasteiger partial charge in [0.05, 0.1) is 22.4 Å². The summed E-state index contributed by atoms with van der Waals surface area (Å²) < 4.78 is 0. The average molecular weight is 360 g/mol. The number of hydrogen-bond acceptors (Lipinski definition) is 5. The molecule has 0 aromatic heterocycles. The Balaban J connectivity index is -0.0000000577. The van der Waals surface area contributed by atoms with E-state index in [4.69, 9.17) is 20.6 Å². The van der Waals surface area contributed by atoms with Gasteiger partial charge in [-0.25, -0.2) is 4.89 Å². The molecule has 0 fully saturated rings. The topological polar surface area (TPSA) is 90.2 Å². The normalized spacial score (nSPS) is 11.5. The van der Waals surface area contributed by atoms with Gasteiger partial charge in [0.1, 0.15) is 0 Å². The zero-order valence-electron chi connectivity index (χ0n) is 16.7. The molecule has 0 aliphatic heterocycles. The molecule has 0 bridgehead atoms. The zero-order chi connectivity index (χ0) is 18.7. The molecule has 0 aromatic rings. The maximum Gasteiger partial charge on any atom is 0.0949 e. The third kappa shape index (κ3) is 633. The zero-order valence-corrected chi connectivity index (χ0v) is 18.3. The van der Waals surface area contributed by atoms with Gasteiger partial charge in [-0.3, -0.25) is 5.26 Å². The molecular weight excluding hydrogens is 320 g/mol. The fraction of sp³-hybridized carbons (Fsp3) is 1.00. The Kier molecular flexibility index (Phi) is 21.5. The van der Waals surface area contributed by atoms with Crippen LogP contribution in [0, 0.1) is 0 Å². The maximum absolute atomic E-state index is 8.52. The molecule has 6 heteroatoms. The number of rotatable bonds is 0. The van der Waals surface area contributed by atoms with E-state index in [-0.39, 0.29) is 21.7 Å². The molecule has 0 radical (unpaired) electrons. The SMILES string of the molecule is CC(C)(C)O.CC(C)(C)O.CC(C)(C)O.CC(C)(C)OO.[Ti]. The predicted octanol–water partition coefficient (Wildman–Crippen LogP) is 3.60. The second kappa shape index (κ2) is 13.9. The summed E-state index contributed by atoms with van der Waals surface area (Å²) in [5, 5.41) is 33.5. The Hall–Kier alpha value is 0.514. The minimum atomic E-state index is -0.500. The molecule has 0 atom stereocenters. The summed E-state index contributed by atoms with van der Waals surface area (Å²) in [6.07, 6.45) is 0. The Morgan fingerprint density at radius 2 is 0.545 bits per heavy atom. The molecule has 0 heterocycles. The van der Waals surface area contributed by atoms with Crippen molar-refractivity contribution in [3.8, 4) is 0 Å². The van der Waals surface area contributed by atoms with Crippen LogP contribution in [0.4, 0.5) is 0 Å². The van der Waals surface area contributed by atoms with E-state index < -0.39 is 22.4 Å². The Morgan fingerprint density at radius 1 is 0.500 bits per heavy atom. The van der Waals surface area contributed by atoms with Crippen LogP contribution in [-0.4, -0.2) is 43.0 Å². The predicted molar refractivity (Wildman–Crippen MR) is 89.4 cm³/mol. The third-order valence-corrected chi connectivity index (χ3v) is 0.274. The summed E-state index contributed by atoms with van der Waals surface area (Å²) in [7, 11) is 0. The van der Waals surface area contributed by atoms with Gasteiger partial charge in [0.2, 0.25) is 0 Å². The van der Waals surface area contributed by atoms with Crippen LogP contribution >= 0.6 is 0 Å². The van der Waals surface area contributed by atoms with Crippen molar-refractivity contribution in [2.45, 2.75) is 105 Å². The summed E-state index contributed by atoms with van der Waals surface area (Å²) in [5.41, 5.74) is -1.90. The number of hydrogen-bond donors (Lipinski definition) is 4. The molecule has 22 heavy (non-hydrogen) atoms. The maximum atomic E-state index is 8.52. The molecular formula is C16H40O5Ti. The second-order valence-electron chi connectivity index (χ2n) is 8.72. The Morgan fingerprint density at radius 3 is 0.545 bits per heavy atom. The van der Waals surface area contributed by atoms with E-state index in [2.05, 4.69) is 4.89 Å². The summed E-state index contributed by atoms with van der Waals surface area (Å²) in [6.45, 7) is 21.0. The smallest absolute Gasteiger partial charge is 0.0949 e. The van der Waals surface area contributed by atoms with Crippen LogP contribution in [0.5, 0.6) is 0 Å². The van der Waals surface area contributed by atoms with Crippen LogP contribution in [0.1, 0.15) is 83.1 Å². The molecule has 0 rings (SSSR count). The Labute approximate surface area is 152 Å². The molecule has 0 amide bonds. The van der Waals surface area contributed by atoms with Gasteiger partial charge < -0.3 is 15.3 Å². The molecule has 0 saturated heterocycles. The van der Waals surface area contributed by atoms with Crippen molar-refractivity contribution in [1.82, 2.24) is 0 Å². The summed E-state index contributed by atoms with van der Waals surface area (Å²) in [6, 6.07) is 0. The number of aliphatic hydroxyl groups is 3. The minimum Gasteiger partial charge on any atom is -0.391 e. The van der Waals surface area contributed by atoms with Crippen LogP contribution in [0.25, 0.3) is 0 Å². The van der Waals surface area contributed by atoms with Gasteiger partial charge in [0.15, 0.2) is 0 Å². The van der Waals surface area contributed by atoms with Crippen LogP contribution in [0.3, 0.4) is 0 Å². The van der Waals surface area contributed by atoms with Gasteiger partial charge in [-0.15, -0.1) is 0 Å². The largest absolute Gasteiger partial charge is 0.391 e. The third-order valence-electron chi connectivity index (χ3n) is 0.274. The van der Waals surface area contributed by atoms with E-state index in [1.807, 2.05) is 0 Å². The van der Waals surface area contributed by atoms with Crippen molar-refractivity contribution in [2.75, 3.05) is 0 Å². The first kappa shape index (κ1) is 34.0. The van der Waals surface area contributed by atoms with Gasteiger partial charge >= 0.3 is 0 Å². The van der Waals surface area contributed by atoms with E-state index in [0.29, 0.717) is 0 Å². The summed E-state index contributed by atoms with van der Waals surface area (Å²) in [5.74, 6) is 0. The minimum absolute atomic E-state index is 0. The van der Waals surface area contributed by atoms with Gasteiger partial charge in [-0.1, -0.05) is 0 Å². The first-order chi connectivity index (χ1) is 8.56. The van der Waals surface area contributed by atoms with Crippen LogP contribution in [0.15, 0.2) is 0 Å². The van der Waals surface area contributed by atoms with E-state index >= 15 is 0 Å². The molecule has 0 aromatic carbocycles. The first-order valence-electron chi connectivity index (χ1n) is 7.06. The fourth-order valence-corrected chi connectivity index (χ4v) is 0. The Bertz CT molecular complexity index is 170. The van der Waals surface area contributed by atoms with Crippen molar-refractivity contribution in [3.05, 3.63) is 0 Å². The molecule has 0 aliphatic carbocycles. The van der Waals surface area contributed by atoms with Gasteiger partial charge in [-0.05, 0) is 83.1 Å². The quantitative estimate of drug-likeness (QED) is 0.301. The molecule has 0 aliphatic rings. The van der Waals surface area contributed by atoms with E-state index in [1.165, 1.54) is 0 Å². The molecule has 0 unspecified atom stereocenters. The fourth-order valence-electron chi connectivity index (χ4n) is 0. The molecule has 0 saturated carbocycles. The van der Waals surface area contributed by atoms with E-state index in [0.717, 1.165) is 0 Å². The van der Waals surface area contributed by atoms with E-state index in [9.17, 15) is 0 Å². The van der Waals surface area contributed by atoms with E-state index in [1.54, 1.807) is 83.1 Å². The molecule has 4 N–H and O–H groups in total. The van der Waals surface area contributed by atoms with Crippen LogP contribution < -0.4 is 0 Å². The summed E-state index contributed by atoms with van der Waals surface area (Å²) in [4.78, 5) is 3.94. The monoisotopic (exact) mass is 360 g/mol. The van der Waals surface area contributed by atoms with Crippen molar-refractivity contribution >= 4 is 0 Å². The van der Waals surface area contributed by atoms with Gasteiger partial charge in [0, 0.05) is 21.7 Å². The van der Waals surface area contributed by atoms with Crippen molar-refractivity contribution in [1.29, 1.82) is 0 Å². The first-order valence-corrected chi connectivity index (χ1v) is 7.06. The molecule has 138 valence electrons. The summed E-state index contributed by atoms with van der Waals surface area (Å²) >= 11 is 0. The molecule has 5 nitrogen and oxygen atoms in total.